The molecule has 0 spiro atoms. The molecule has 28 heavy (non-hydrogen) atoms. The molecule has 0 saturated carbocycles. The topological polar surface area (TPSA) is 98.2 Å². The maximum absolute atomic E-state index is 12.2. The van der Waals surface area contributed by atoms with Gasteiger partial charge in [-0.1, -0.05) is 47.1 Å². The summed E-state index contributed by atoms with van der Waals surface area (Å²) in [7, 11) is 1.57. The molecule has 0 unspecified atom stereocenters. The Kier molecular flexibility index (Phi) is 5.82. The van der Waals surface area contributed by atoms with Gasteiger partial charge in [0.05, 0.1) is 7.11 Å². The lowest BCUT2D eigenvalue weighted by Gasteiger charge is -2.01. The molecule has 2 aromatic carbocycles. The standard InChI is InChI=1S/C21H17N3O4/c1-14-6-8-15(9-7-14)10-17(12-22)21(25)27-13-19-23-20(24-28-19)16-4-3-5-18(11-16)26-2/h3-11H,13H2,1-2H3/b17-10+. The van der Waals surface area contributed by atoms with Gasteiger partial charge in [0.25, 0.3) is 5.89 Å². The number of esters is 1. The Labute approximate surface area is 161 Å². The third-order valence-corrected chi connectivity index (χ3v) is 3.85. The Bertz CT molecular complexity index is 1050. The highest BCUT2D eigenvalue weighted by Gasteiger charge is 2.15. The van der Waals surface area contributed by atoms with Gasteiger partial charge in [0.1, 0.15) is 17.4 Å². The summed E-state index contributed by atoms with van der Waals surface area (Å²) in [5.74, 6) is 0.374. The van der Waals surface area contributed by atoms with Crippen molar-refractivity contribution in [3.8, 4) is 23.2 Å². The molecule has 1 aromatic heterocycles. The first-order valence-electron chi connectivity index (χ1n) is 8.41. The largest absolute Gasteiger partial charge is 0.497 e. The van der Waals surface area contributed by atoms with Crippen LogP contribution in [0.2, 0.25) is 0 Å². The van der Waals surface area contributed by atoms with Crippen molar-refractivity contribution in [2.75, 3.05) is 7.11 Å². The summed E-state index contributed by atoms with van der Waals surface area (Å²) >= 11 is 0. The van der Waals surface area contributed by atoms with E-state index in [0.29, 0.717) is 17.1 Å². The van der Waals surface area contributed by atoms with Crippen LogP contribution >= 0.6 is 0 Å². The number of ether oxygens (including phenoxy) is 2. The molecule has 7 heteroatoms. The maximum Gasteiger partial charge on any atom is 0.349 e. The number of methoxy groups -OCH3 is 1. The van der Waals surface area contributed by atoms with E-state index in [9.17, 15) is 10.1 Å². The van der Waals surface area contributed by atoms with Crippen LogP contribution in [-0.2, 0) is 16.1 Å². The Balaban J connectivity index is 1.66. The first kappa shape index (κ1) is 18.9. The molecule has 140 valence electrons. The highest BCUT2D eigenvalue weighted by molar-refractivity contribution is 5.97. The van der Waals surface area contributed by atoms with Crippen molar-refractivity contribution in [3.05, 3.63) is 71.1 Å². The van der Waals surface area contributed by atoms with Gasteiger partial charge in [0, 0.05) is 5.56 Å². The molecule has 0 atom stereocenters. The number of aryl methyl sites for hydroxylation is 1. The van der Waals surface area contributed by atoms with Gasteiger partial charge in [-0.25, -0.2) is 4.79 Å². The van der Waals surface area contributed by atoms with E-state index in [2.05, 4.69) is 10.1 Å². The zero-order valence-corrected chi connectivity index (χ0v) is 15.4. The lowest BCUT2D eigenvalue weighted by molar-refractivity contribution is -0.140. The summed E-state index contributed by atoms with van der Waals surface area (Å²) in [6.45, 7) is 1.72. The van der Waals surface area contributed by atoms with Crippen molar-refractivity contribution in [1.82, 2.24) is 10.1 Å². The summed E-state index contributed by atoms with van der Waals surface area (Å²) < 4.78 is 15.4. The minimum absolute atomic E-state index is 0.114. The summed E-state index contributed by atoms with van der Waals surface area (Å²) in [6.07, 6.45) is 1.47. The fraction of sp³-hybridized carbons (Fsp3) is 0.143. The molecule has 0 aliphatic carbocycles. The molecule has 0 radical (unpaired) electrons. The average molecular weight is 375 g/mol. The third kappa shape index (κ3) is 4.62. The van der Waals surface area contributed by atoms with Crippen LogP contribution in [0.15, 0.2) is 58.6 Å². The van der Waals surface area contributed by atoms with Crippen LogP contribution in [0, 0.1) is 18.3 Å². The monoisotopic (exact) mass is 375 g/mol. The summed E-state index contributed by atoms with van der Waals surface area (Å²) in [5.41, 5.74) is 2.41. The Morgan fingerprint density at radius 1 is 1.25 bits per heavy atom. The predicted octanol–water partition coefficient (Wildman–Crippen LogP) is 3.70. The van der Waals surface area contributed by atoms with Gasteiger partial charge in [-0.15, -0.1) is 0 Å². The highest BCUT2D eigenvalue weighted by atomic mass is 16.6. The Morgan fingerprint density at radius 3 is 2.75 bits per heavy atom. The third-order valence-electron chi connectivity index (χ3n) is 3.85. The van der Waals surface area contributed by atoms with Gasteiger partial charge < -0.3 is 14.0 Å². The second-order valence-electron chi connectivity index (χ2n) is 5.90. The first-order valence-corrected chi connectivity index (χ1v) is 8.41. The lowest BCUT2D eigenvalue weighted by Crippen LogP contribution is -2.07. The number of rotatable bonds is 6. The number of aromatic nitrogens is 2. The van der Waals surface area contributed by atoms with Crippen LogP contribution in [0.4, 0.5) is 0 Å². The average Bonchev–Trinajstić information content (AvgIpc) is 3.21. The van der Waals surface area contributed by atoms with Crippen LogP contribution in [0.5, 0.6) is 5.75 Å². The molecule has 0 fully saturated rings. The van der Waals surface area contributed by atoms with Crippen molar-refractivity contribution in [1.29, 1.82) is 5.26 Å². The predicted molar refractivity (Wildman–Crippen MR) is 101 cm³/mol. The number of benzene rings is 2. The number of carbonyl (C=O) groups is 1. The highest BCUT2D eigenvalue weighted by Crippen LogP contribution is 2.21. The van der Waals surface area contributed by atoms with Crippen LogP contribution in [-0.4, -0.2) is 23.2 Å². The van der Waals surface area contributed by atoms with E-state index in [1.165, 1.54) is 6.08 Å². The molecule has 0 saturated heterocycles. The molecule has 7 nitrogen and oxygen atoms in total. The Morgan fingerprint density at radius 2 is 2.04 bits per heavy atom. The van der Waals surface area contributed by atoms with Crippen LogP contribution in [0.1, 0.15) is 17.0 Å². The summed E-state index contributed by atoms with van der Waals surface area (Å²) in [6, 6.07) is 16.4. The fourth-order valence-electron chi connectivity index (χ4n) is 2.36. The van der Waals surface area contributed by atoms with E-state index in [-0.39, 0.29) is 18.1 Å². The first-order chi connectivity index (χ1) is 13.6. The van der Waals surface area contributed by atoms with E-state index < -0.39 is 5.97 Å². The zero-order valence-electron chi connectivity index (χ0n) is 15.4. The van der Waals surface area contributed by atoms with Crippen LogP contribution < -0.4 is 4.74 Å². The zero-order chi connectivity index (χ0) is 19.9. The number of hydrogen-bond donors (Lipinski definition) is 0. The van der Waals surface area contributed by atoms with Gasteiger partial charge in [0.2, 0.25) is 5.82 Å². The minimum Gasteiger partial charge on any atom is -0.497 e. The molecule has 0 amide bonds. The number of hydrogen-bond acceptors (Lipinski definition) is 7. The van der Waals surface area contributed by atoms with Gasteiger partial charge in [-0.3, -0.25) is 0 Å². The molecule has 3 aromatic rings. The van der Waals surface area contributed by atoms with E-state index >= 15 is 0 Å². The van der Waals surface area contributed by atoms with Crippen molar-refractivity contribution in [2.45, 2.75) is 13.5 Å². The van der Waals surface area contributed by atoms with Gasteiger partial charge >= 0.3 is 5.97 Å². The maximum atomic E-state index is 12.2. The number of nitriles is 1. The van der Waals surface area contributed by atoms with E-state index in [1.807, 2.05) is 37.3 Å². The van der Waals surface area contributed by atoms with Crippen LogP contribution in [0.25, 0.3) is 17.5 Å². The van der Waals surface area contributed by atoms with Crippen molar-refractivity contribution in [2.24, 2.45) is 0 Å². The molecule has 0 bridgehead atoms. The second-order valence-corrected chi connectivity index (χ2v) is 5.90. The van der Waals surface area contributed by atoms with E-state index in [0.717, 1.165) is 11.1 Å². The van der Waals surface area contributed by atoms with E-state index in [1.54, 1.807) is 31.4 Å². The van der Waals surface area contributed by atoms with Crippen molar-refractivity contribution >= 4 is 12.0 Å². The molecular formula is C21H17N3O4. The van der Waals surface area contributed by atoms with Crippen molar-refractivity contribution in [3.63, 3.8) is 0 Å². The smallest absolute Gasteiger partial charge is 0.349 e. The number of carbonyl (C=O) groups excluding carboxylic acids is 1. The van der Waals surface area contributed by atoms with Gasteiger partial charge in [-0.05, 0) is 30.7 Å². The summed E-state index contributed by atoms with van der Waals surface area (Å²) in [4.78, 5) is 16.4. The van der Waals surface area contributed by atoms with Gasteiger partial charge in [0.15, 0.2) is 6.61 Å². The molecule has 0 aliphatic rings. The molecule has 1 heterocycles. The molecule has 0 N–H and O–H groups in total. The quantitative estimate of drug-likeness (QED) is 0.368. The van der Waals surface area contributed by atoms with Gasteiger partial charge in [-0.2, -0.15) is 10.2 Å². The molecule has 3 rings (SSSR count). The van der Waals surface area contributed by atoms with E-state index in [4.69, 9.17) is 14.0 Å². The molecular weight excluding hydrogens is 358 g/mol. The van der Waals surface area contributed by atoms with Crippen LogP contribution in [0.3, 0.4) is 0 Å². The SMILES string of the molecule is COc1cccc(-c2noc(COC(=O)/C(C#N)=C/c3ccc(C)cc3)n2)c1. The second kappa shape index (κ2) is 8.64. The lowest BCUT2D eigenvalue weighted by atomic mass is 10.1. The fourth-order valence-corrected chi connectivity index (χ4v) is 2.36. The number of nitrogens with zero attached hydrogens (tertiary/aromatic N) is 3. The minimum atomic E-state index is -0.760. The summed E-state index contributed by atoms with van der Waals surface area (Å²) in [5, 5.41) is 13.1. The Hall–Kier alpha value is -3.92. The normalized spacial score (nSPS) is 11.0. The molecule has 0 aliphatic heterocycles. The van der Waals surface area contributed by atoms with Crippen molar-refractivity contribution < 1.29 is 18.8 Å².